The van der Waals surface area contributed by atoms with Gasteiger partial charge in [0.05, 0.1) is 16.8 Å². The Kier molecular flexibility index (Phi) is 90.3. The van der Waals surface area contributed by atoms with E-state index in [1.807, 2.05) is 0 Å². The van der Waals surface area contributed by atoms with Crippen LogP contribution in [-0.2, 0) is 5.41 Å². The van der Waals surface area contributed by atoms with Crippen LogP contribution >= 0.6 is 742 Å². The fourth-order valence-electron chi connectivity index (χ4n) is 15.4. The van der Waals surface area contributed by atoms with Crippen molar-refractivity contribution in [3.8, 4) is 22.3 Å². The molecule has 0 spiro atoms. The molecule has 0 bridgehead atoms. The molecule has 2 heterocycles. The van der Waals surface area contributed by atoms with Crippen LogP contribution in [0.5, 0.6) is 0 Å². The van der Waals surface area contributed by atoms with E-state index in [0.717, 1.165) is 13.6 Å². The molecule has 0 radical (unpaired) electrons. The van der Waals surface area contributed by atoms with E-state index in [9.17, 15) is 0 Å². The summed E-state index contributed by atoms with van der Waals surface area (Å²) < 4.78 is 0. The molecule has 0 aliphatic carbocycles. The summed E-state index contributed by atoms with van der Waals surface area (Å²) in [4.78, 5) is 2.52. The SMILES string of the molecule is PPP(P(P)P)P(P(P(P)P)P(P)P)P(P(P(P(P)P)P(P)P)P(P(P)P)P(P)P)P(P(P(P(P(P)P)P(P)P)P(P(P)P)P(P)P)P(P(P(P)P)P(P)P)P(P(P)P)P(P)P)P(P(P(P(P)P)P(P)P)P(P(P)P)P(P)P)P(P(P(P)P)P(P)P)P(P(P)P)P(P)P.c1ccc(-c2cc(B3c4ccccc4-c4cc5ccccc5cc43)cc(N3c4ccccc4C(c4ccccc4)(c4ccccc4)c4ccccc43)c2)cc1. The lowest BCUT2D eigenvalue weighted by molar-refractivity contribution is 0.731. The molecule has 9 aromatic carbocycles. The minimum absolute atomic E-state index is 0.0845. The zero-order chi connectivity index (χ0) is 110. The van der Waals surface area contributed by atoms with E-state index in [0.29, 0.717) is 0 Å². The molecule has 0 aromatic heterocycles. The van der Waals surface area contributed by atoms with Crippen LogP contribution in [0.25, 0.3) is 33.0 Å². The van der Waals surface area contributed by atoms with Gasteiger partial charge in [-0.15, -0.1) is 420 Å². The molecular weight excluding hydrogens is 3540 g/mol. The molecule has 11 rings (SSSR count). The fraction of sp³-hybridized carbons (Fsp3) is 0.0189. The molecule has 51 unspecified atom stereocenters. The van der Waals surface area contributed by atoms with Crippen LogP contribution in [0.15, 0.2) is 218 Å². The van der Waals surface area contributed by atoms with E-state index >= 15 is 0 Å². The van der Waals surface area contributed by atoms with Gasteiger partial charge in [-0.05, 0) is 400 Å². The highest BCUT2D eigenvalue weighted by molar-refractivity contribution is 9.60. The molecule has 0 amide bonds. The Bertz CT molecular complexity index is 5100. The molecule has 95 heteroatoms. The van der Waals surface area contributed by atoms with Crippen molar-refractivity contribution in [3.63, 3.8) is 0 Å². The predicted octanol–water partition coefficient (Wildman–Crippen LogP) is 65.8. The van der Waals surface area contributed by atoms with Crippen molar-refractivity contribution in [2.75, 3.05) is 4.90 Å². The van der Waals surface area contributed by atoms with Gasteiger partial charge in [-0.1, -0.05) is 212 Å². The second kappa shape index (κ2) is 82.2. The molecule has 0 saturated heterocycles. The Labute approximate surface area is 1050 Å². The lowest BCUT2D eigenvalue weighted by Crippen LogP contribution is -2.49. The third-order valence-electron chi connectivity index (χ3n) is 20.2. The molecule has 2 aliphatic heterocycles. The number of fused-ring (bicyclic) bond motifs is 6. The maximum Gasteiger partial charge on any atom is 0.242 e. The van der Waals surface area contributed by atoms with Crippen LogP contribution in [-0.4, -0.2) is 6.71 Å². The standard InChI is InChI=1S/C53H36BN.H95P93/c1-4-18-37(19-5-1)40-32-43(54-49-29-15-12-26-45(49)46-34-38-20-10-11-21-39(38)35-50(46)54)36-44(33-40)55-51-30-16-13-27-47(51)53(41-22-6-2-7-23-41,42-24-8-3-9-25-42)48-28-14-17-31-52(48)55;1-48-72(49(2)3)84(73(50(4)5)51(6)7)90(85(74(52(8)9)53(10)11)75(54(12)13)55(14)15)93(91(86(76(56(16)17)57(18)19)77(58(20)21)59(22)23)87(78(60(24)25)61(26)27)79(62(28)29)63(30)31)92(88(80(64(32)33)65(34)35)81(66(36)37)67(38)39)89(82(68(40)41)69(42)43)83(70(44)45)71(46)47/h1-36H;48H,1-47H2. The van der Waals surface area contributed by atoms with Crippen molar-refractivity contribution >= 4 is 793 Å². The predicted molar refractivity (Wildman–Crippen MR) is 1010 cm³/mol. The normalized spacial score (nSPS) is 14.9. The molecule has 1 nitrogen and oxygen atoms in total. The number of para-hydroxylation sites is 2. The molecule has 0 fully saturated rings. The highest BCUT2D eigenvalue weighted by atomic mass is 33.7. The van der Waals surface area contributed by atoms with E-state index in [4.69, 9.17) is 0 Å². The van der Waals surface area contributed by atoms with Gasteiger partial charge in [-0.25, -0.2) is 0 Å². The maximum absolute atomic E-state index is 3.77. The molecule has 0 saturated carbocycles. The first-order chi connectivity index (χ1) is 69.6. The Morgan fingerprint density at radius 2 is 0.439 bits per heavy atom. The third-order valence-corrected chi connectivity index (χ3v) is 680. The Morgan fingerprint density at radius 3 is 0.730 bits per heavy atom. The second-order valence-corrected chi connectivity index (χ2v) is 414. The van der Waals surface area contributed by atoms with Gasteiger partial charge in [0, 0.05) is 5.69 Å². The Hall–Kier alpha value is 33.1. The van der Waals surface area contributed by atoms with Gasteiger partial charge < -0.3 is 4.90 Å². The zero-order valence-electron chi connectivity index (χ0n) is 78.1. The summed E-state index contributed by atoms with van der Waals surface area (Å²) in [6, 6.07) is 81.0. The van der Waals surface area contributed by atoms with E-state index in [-0.39, 0.29) is 97.5 Å². The minimum Gasteiger partial charge on any atom is -0.310 e. The quantitative estimate of drug-likeness (QED) is 0.0271. The zero-order valence-corrected chi connectivity index (χ0v) is 174. The van der Waals surface area contributed by atoms with Crippen molar-refractivity contribution in [2.45, 2.75) is 5.41 Å². The largest absolute Gasteiger partial charge is 0.310 e. The summed E-state index contributed by atoms with van der Waals surface area (Å²) in [5.74, 6) is 0. The topological polar surface area (TPSA) is 3.24 Å². The van der Waals surface area contributed by atoms with Crippen molar-refractivity contribution in [3.05, 3.63) is 241 Å². The average Bonchev–Trinajstić information content (AvgIpc) is 0.784. The number of anilines is 3. The van der Waals surface area contributed by atoms with Gasteiger partial charge in [0.1, 0.15) is 0 Å². The number of benzene rings is 9. The van der Waals surface area contributed by atoms with Crippen LogP contribution in [0.1, 0.15) is 22.3 Å². The lowest BCUT2D eigenvalue weighted by Gasteiger charge is -2.63. The molecular formula is C53H131BNP93. The van der Waals surface area contributed by atoms with Crippen LogP contribution in [0.3, 0.4) is 0 Å². The summed E-state index contributed by atoms with van der Waals surface area (Å²) in [5.41, 5.74) is 17.1. The van der Waals surface area contributed by atoms with Gasteiger partial charge in [0.15, 0.2) is 0 Å². The third kappa shape index (κ3) is 44.1. The van der Waals surface area contributed by atoms with Gasteiger partial charge in [-0.2, -0.15) is 0 Å². The van der Waals surface area contributed by atoms with Crippen LogP contribution in [0.2, 0.25) is 0 Å². The lowest BCUT2D eigenvalue weighted by atomic mass is 9.38. The van der Waals surface area contributed by atoms with Gasteiger partial charge in [-0.3, -0.25) is 0 Å². The Balaban J connectivity index is 0.000000338. The monoisotopic (exact) mass is 3670 g/mol. The van der Waals surface area contributed by atoms with Crippen molar-refractivity contribution < 1.29 is 0 Å². The van der Waals surface area contributed by atoms with E-state index in [1.54, 1.807) is 0 Å². The first-order valence-corrected chi connectivity index (χ1v) is 210. The van der Waals surface area contributed by atoms with E-state index in [2.05, 4.69) is 643 Å². The van der Waals surface area contributed by atoms with E-state index < -0.39 is 229 Å². The number of hydrogen-bond acceptors (Lipinski definition) is 1. The summed E-state index contributed by atoms with van der Waals surface area (Å²) >= 11 is 0. The van der Waals surface area contributed by atoms with Crippen molar-refractivity contribution in [1.82, 2.24) is 0 Å². The Morgan fingerprint density at radius 1 is 0.196 bits per heavy atom. The summed E-state index contributed by atoms with van der Waals surface area (Å²) in [6.07, 6.45) is 0. The minimum atomic E-state index is -0.583. The van der Waals surface area contributed by atoms with Gasteiger partial charge in [0.2, 0.25) is 6.71 Å². The second-order valence-electron chi connectivity index (χ2n) is 29.6. The molecule has 9 aromatic rings. The maximum atomic E-state index is 3.77. The van der Waals surface area contributed by atoms with Crippen LogP contribution in [0.4, 0.5) is 17.1 Å². The molecule has 0 N–H and O–H groups in total. The van der Waals surface area contributed by atoms with Crippen LogP contribution < -0.4 is 21.3 Å². The van der Waals surface area contributed by atoms with Gasteiger partial charge >= 0.3 is 0 Å². The summed E-state index contributed by atoms with van der Waals surface area (Å²) in [6.45, 7) is -18.5. The van der Waals surface area contributed by atoms with Gasteiger partial charge in [0.25, 0.3) is 0 Å². The van der Waals surface area contributed by atoms with Crippen LogP contribution in [0, 0.1) is 0 Å². The molecule has 51 atom stereocenters. The van der Waals surface area contributed by atoms with Crippen molar-refractivity contribution in [1.29, 1.82) is 0 Å². The molecule has 816 valence electrons. The van der Waals surface area contributed by atoms with E-state index in [1.165, 1.54) is 83.0 Å². The molecule has 148 heavy (non-hydrogen) atoms. The fourth-order valence-corrected chi connectivity index (χ4v) is 1400. The number of hydrogen-bond donors (Lipinski definition) is 0. The highest BCUT2D eigenvalue weighted by Crippen LogP contribution is 3.54. The number of rotatable bonds is 50. The summed E-state index contributed by atoms with van der Waals surface area (Å²) in [5, 5.41) is 2.55. The first-order valence-electron chi connectivity index (χ1n) is 40.4. The number of nitrogens with zero attached hydrogens (tertiary/aromatic N) is 1. The average molecular weight is 3670 g/mol. The molecule has 2 aliphatic rings. The first kappa shape index (κ1) is 163. The summed E-state index contributed by atoms with van der Waals surface area (Å²) in [7, 11) is 178. The highest BCUT2D eigenvalue weighted by Gasteiger charge is 2.67. The van der Waals surface area contributed by atoms with Crippen molar-refractivity contribution in [2.24, 2.45) is 0 Å². The smallest absolute Gasteiger partial charge is 0.242 e.